The summed E-state index contributed by atoms with van der Waals surface area (Å²) in [5.41, 5.74) is 1.95. The third-order valence-electron chi connectivity index (χ3n) is 4.90. The molecule has 0 unspecified atom stereocenters. The van der Waals surface area contributed by atoms with Crippen LogP contribution < -0.4 is 20.7 Å². The molecule has 1 aliphatic rings. The van der Waals surface area contributed by atoms with Gasteiger partial charge >= 0.3 is 12.4 Å². The second kappa shape index (κ2) is 12.5. The average Bonchev–Trinajstić information content (AvgIpc) is 3.29. The largest absolute Gasteiger partial charge is 0.573 e. The number of nitrogens with zero attached hydrogens (tertiary/aromatic N) is 2. The number of urea groups is 1. The molecule has 3 N–H and O–H groups in total. The number of guanidine groups is 1. The third kappa shape index (κ3) is 8.63. The fourth-order valence-electron chi connectivity index (χ4n) is 3.34. The van der Waals surface area contributed by atoms with Gasteiger partial charge in [0.05, 0.1) is 0 Å². The van der Waals surface area contributed by atoms with Gasteiger partial charge in [0, 0.05) is 44.5 Å². The molecule has 11 heteroatoms. The van der Waals surface area contributed by atoms with Crippen LogP contribution >= 0.6 is 24.0 Å². The Balaban J connectivity index is 0.00000385. The highest BCUT2D eigenvalue weighted by molar-refractivity contribution is 14.0. The van der Waals surface area contributed by atoms with Crippen molar-refractivity contribution in [2.45, 2.75) is 32.3 Å². The van der Waals surface area contributed by atoms with Gasteiger partial charge in [-0.15, -0.1) is 37.1 Å². The van der Waals surface area contributed by atoms with Gasteiger partial charge in [0.2, 0.25) is 0 Å². The van der Waals surface area contributed by atoms with Crippen molar-refractivity contribution in [3.8, 4) is 5.75 Å². The highest BCUT2D eigenvalue weighted by atomic mass is 127. The summed E-state index contributed by atoms with van der Waals surface area (Å²) >= 11 is 0. The van der Waals surface area contributed by atoms with Gasteiger partial charge in [-0.3, -0.25) is 4.99 Å². The van der Waals surface area contributed by atoms with E-state index < -0.39 is 6.36 Å². The summed E-state index contributed by atoms with van der Waals surface area (Å²) in [6, 6.07) is 13.3. The molecule has 0 radical (unpaired) electrons. The van der Waals surface area contributed by atoms with Crippen LogP contribution in [0.4, 0.5) is 23.7 Å². The Labute approximate surface area is 207 Å². The number of hydrogen-bond donors (Lipinski definition) is 3. The molecule has 0 spiro atoms. The van der Waals surface area contributed by atoms with E-state index >= 15 is 0 Å². The van der Waals surface area contributed by atoms with Gasteiger partial charge in [-0.05, 0) is 36.6 Å². The molecule has 3 rings (SSSR count). The van der Waals surface area contributed by atoms with E-state index in [1.54, 1.807) is 24.1 Å². The molecule has 0 bridgehead atoms. The first-order valence-electron chi connectivity index (χ1n) is 10.3. The van der Waals surface area contributed by atoms with Crippen molar-refractivity contribution >= 4 is 41.7 Å². The average molecular weight is 577 g/mol. The zero-order valence-corrected chi connectivity index (χ0v) is 20.4. The van der Waals surface area contributed by atoms with E-state index in [0.717, 1.165) is 31.5 Å². The SMILES string of the molecule is CN=C(NCc1cccc(NC(=O)N2CCCC2)c1)NCc1ccccc1OC(F)(F)F.I. The molecule has 1 fully saturated rings. The number of anilines is 1. The smallest absolute Gasteiger partial charge is 0.405 e. The van der Waals surface area contributed by atoms with Crippen LogP contribution in [0, 0.1) is 0 Å². The first kappa shape index (κ1) is 26.6. The number of alkyl halides is 3. The van der Waals surface area contributed by atoms with Crippen LogP contribution in [0.2, 0.25) is 0 Å². The van der Waals surface area contributed by atoms with Crippen molar-refractivity contribution in [1.29, 1.82) is 0 Å². The Morgan fingerprint density at radius 2 is 1.76 bits per heavy atom. The van der Waals surface area contributed by atoms with E-state index in [9.17, 15) is 18.0 Å². The Hall–Kier alpha value is -2.70. The van der Waals surface area contributed by atoms with Crippen molar-refractivity contribution in [2.24, 2.45) is 4.99 Å². The second-order valence-corrected chi connectivity index (χ2v) is 7.26. The summed E-state index contributed by atoms with van der Waals surface area (Å²) in [6.45, 7) is 2.05. The maximum atomic E-state index is 12.6. The molecule has 0 aliphatic carbocycles. The van der Waals surface area contributed by atoms with Gasteiger partial charge in [0.15, 0.2) is 5.96 Å². The fraction of sp³-hybridized carbons (Fsp3) is 0.364. The summed E-state index contributed by atoms with van der Waals surface area (Å²) < 4.78 is 41.8. The number of amides is 2. The normalized spacial score (nSPS) is 13.8. The van der Waals surface area contributed by atoms with Crippen molar-refractivity contribution in [3.63, 3.8) is 0 Å². The number of ether oxygens (including phenoxy) is 1. The van der Waals surface area contributed by atoms with E-state index in [0.29, 0.717) is 23.8 Å². The van der Waals surface area contributed by atoms with Crippen LogP contribution in [-0.4, -0.2) is 43.4 Å². The van der Waals surface area contributed by atoms with Crippen LogP contribution in [0.5, 0.6) is 5.75 Å². The van der Waals surface area contributed by atoms with Crippen LogP contribution in [0.25, 0.3) is 0 Å². The Morgan fingerprint density at radius 3 is 2.45 bits per heavy atom. The minimum absolute atomic E-state index is 0. The van der Waals surface area contributed by atoms with E-state index in [4.69, 9.17) is 0 Å². The first-order chi connectivity index (χ1) is 15.3. The summed E-state index contributed by atoms with van der Waals surface area (Å²) in [6.07, 6.45) is -2.71. The van der Waals surface area contributed by atoms with Crippen LogP contribution in [0.15, 0.2) is 53.5 Å². The van der Waals surface area contributed by atoms with E-state index in [1.807, 2.05) is 24.3 Å². The summed E-state index contributed by atoms with van der Waals surface area (Å²) in [7, 11) is 1.57. The van der Waals surface area contributed by atoms with E-state index in [2.05, 4.69) is 25.7 Å². The molecule has 0 atom stereocenters. The number of likely N-dealkylation sites (tertiary alicyclic amines) is 1. The van der Waals surface area contributed by atoms with Crippen molar-refractivity contribution in [1.82, 2.24) is 15.5 Å². The number of nitrogens with one attached hydrogen (secondary N) is 3. The lowest BCUT2D eigenvalue weighted by atomic mass is 10.2. The fourth-order valence-corrected chi connectivity index (χ4v) is 3.34. The lowest BCUT2D eigenvalue weighted by molar-refractivity contribution is -0.274. The number of hydrogen-bond acceptors (Lipinski definition) is 3. The molecule has 1 heterocycles. The van der Waals surface area contributed by atoms with Crippen molar-refractivity contribution in [3.05, 3.63) is 59.7 Å². The van der Waals surface area contributed by atoms with Crippen LogP contribution in [0.1, 0.15) is 24.0 Å². The first-order valence-corrected chi connectivity index (χ1v) is 10.3. The molecule has 1 aliphatic heterocycles. The Morgan fingerprint density at radius 1 is 1.06 bits per heavy atom. The maximum Gasteiger partial charge on any atom is 0.573 e. The highest BCUT2D eigenvalue weighted by Crippen LogP contribution is 2.26. The highest BCUT2D eigenvalue weighted by Gasteiger charge is 2.31. The van der Waals surface area contributed by atoms with Crippen LogP contribution in [0.3, 0.4) is 0 Å². The number of para-hydroxylation sites is 1. The van der Waals surface area contributed by atoms with Gasteiger partial charge in [0.1, 0.15) is 5.75 Å². The number of rotatable bonds is 6. The van der Waals surface area contributed by atoms with E-state index in [-0.39, 0.29) is 42.3 Å². The predicted octanol–water partition coefficient (Wildman–Crippen LogP) is 4.70. The predicted molar refractivity (Wildman–Crippen MR) is 132 cm³/mol. The zero-order chi connectivity index (χ0) is 23.0. The van der Waals surface area contributed by atoms with Gasteiger partial charge in [-0.2, -0.15) is 0 Å². The molecule has 0 aromatic heterocycles. The molecule has 2 amide bonds. The number of aliphatic imine (C=N–C) groups is 1. The maximum absolute atomic E-state index is 12.6. The molecule has 7 nitrogen and oxygen atoms in total. The van der Waals surface area contributed by atoms with Crippen molar-refractivity contribution in [2.75, 3.05) is 25.5 Å². The molecule has 1 saturated heterocycles. The molecule has 33 heavy (non-hydrogen) atoms. The van der Waals surface area contributed by atoms with Crippen LogP contribution in [-0.2, 0) is 13.1 Å². The standard InChI is InChI=1S/C22H26F3N5O2.HI/c1-26-20(28-15-17-8-2-3-10-19(17)32-22(23,24)25)27-14-16-7-6-9-18(13-16)29-21(31)30-11-4-5-12-30;/h2-3,6-10,13H,4-5,11-12,14-15H2,1H3,(H,29,31)(H2,26,27,28);1H. The van der Waals surface area contributed by atoms with Gasteiger partial charge in [0.25, 0.3) is 0 Å². The summed E-state index contributed by atoms with van der Waals surface area (Å²) in [4.78, 5) is 18.2. The molecule has 180 valence electrons. The molecule has 2 aromatic rings. The monoisotopic (exact) mass is 577 g/mol. The van der Waals surface area contributed by atoms with Gasteiger partial charge in [-0.1, -0.05) is 30.3 Å². The molecule has 2 aromatic carbocycles. The summed E-state index contributed by atoms with van der Waals surface area (Å²) in [5.74, 6) is 0.155. The molecular formula is C22H27F3IN5O2. The minimum atomic E-state index is -4.76. The molecular weight excluding hydrogens is 550 g/mol. The molecule has 0 saturated carbocycles. The van der Waals surface area contributed by atoms with E-state index in [1.165, 1.54) is 12.1 Å². The lowest BCUT2D eigenvalue weighted by Gasteiger charge is -2.17. The quantitative estimate of drug-likeness (QED) is 0.265. The number of halogens is 4. The number of carbonyl (C=O) groups excluding carboxylic acids is 1. The third-order valence-corrected chi connectivity index (χ3v) is 4.90. The number of carbonyl (C=O) groups is 1. The van der Waals surface area contributed by atoms with Crippen molar-refractivity contribution < 1.29 is 22.7 Å². The summed E-state index contributed by atoms with van der Waals surface area (Å²) in [5, 5.41) is 9.00. The zero-order valence-electron chi connectivity index (χ0n) is 18.1. The Kier molecular flexibility index (Phi) is 10.1. The van der Waals surface area contributed by atoms with Gasteiger partial charge < -0.3 is 25.6 Å². The second-order valence-electron chi connectivity index (χ2n) is 7.26. The topological polar surface area (TPSA) is 78.0 Å². The lowest BCUT2D eigenvalue weighted by Crippen LogP contribution is -2.36. The van der Waals surface area contributed by atoms with Gasteiger partial charge in [-0.25, -0.2) is 4.79 Å². The minimum Gasteiger partial charge on any atom is -0.405 e. The number of benzene rings is 2. The Bertz CT molecular complexity index is 950.